The lowest BCUT2D eigenvalue weighted by Gasteiger charge is -2.23. The third kappa shape index (κ3) is 5.37. The number of hydrogen-bond acceptors (Lipinski definition) is 4. The third-order valence-corrected chi connectivity index (χ3v) is 2.56. The summed E-state index contributed by atoms with van der Waals surface area (Å²) in [5.74, 6) is 4.48. The molecular weight excluding hydrogens is 228 g/mol. The van der Waals surface area contributed by atoms with Crippen LogP contribution in [0.3, 0.4) is 0 Å². The van der Waals surface area contributed by atoms with Crippen LogP contribution in [0.4, 0.5) is 0 Å². The molecule has 5 nitrogen and oxygen atoms in total. The number of carboxylic acid groups (broad SMARTS) is 1. The Labute approximate surface area is 101 Å². The first-order chi connectivity index (χ1) is 7.54. The molecule has 0 radical (unpaired) electrons. The van der Waals surface area contributed by atoms with E-state index in [1.54, 1.807) is 0 Å². The number of hydrazine groups is 1. The first kappa shape index (κ1) is 15.2. The van der Waals surface area contributed by atoms with Crippen LogP contribution < -0.4 is 5.84 Å². The molecule has 1 unspecified atom stereocenters. The number of nitrogens with zero attached hydrogens (tertiary/aromatic N) is 1. The number of aliphatic carboxylic acids is 1. The molecule has 0 bridgehead atoms. The lowest BCUT2D eigenvalue weighted by atomic mass is 10.1. The molecule has 1 atom stereocenters. The molecule has 0 saturated heterocycles. The fourth-order valence-electron chi connectivity index (χ4n) is 1.33. The molecule has 0 saturated carbocycles. The van der Waals surface area contributed by atoms with Crippen LogP contribution in [0.25, 0.3) is 0 Å². The topological polar surface area (TPSA) is 83.6 Å². The Bertz CT molecular complexity index is 236. The SMILES string of the molecule is CCCCCC(=O)N(N)C(CCS)C(=O)O. The van der Waals surface area contributed by atoms with Crippen molar-refractivity contribution in [2.75, 3.05) is 5.75 Å². The predicted octanol–water partition coefficient (Wildman–Crippen LogP) is 1.04. The van der Waals surface area contributed by atoms with E-state index in [1.807, 2.05) is 6.92 Å². The zero-order valence-corrected chi connectivity index (χ0v) is 10.4. The molecule has 1 amide bonds. The molecule has 3 N–H and O–H groups in total. The van der Waals surface area contributed by atoms with Crippen LogP contribution in [0.5, 0.6) is 0 Å². The van der Waals surface area contributed by atoms with E-state index >= 15 is 0 Å². The molecule has 6 heteroatoms. The van der Waals surface area contributed by atoms with Crippen molar-refractivity contribution in [1.82, 2.24) is 5.01 Å². The van der Waals surface area contributed by atoms with Gasteiger partial charge in [-0.05, 0) is 18.6 Å². The van der Waals surface area contributed by atoms with Crippen LogP contribution in [0.2, 0.25) is 0 Å². The van der Waals surface area contributed by atoms with Crippen molar-refractivity contribution in [3.8, 4) is 0 Å². The van der Waals surface area contributed by atoms with Gasteiger partial charge in [-0.25, -0.2) is 10.6 Å². The highest BCUT2D eigenvalue weighted by atomic mass is 32.1. The van der Waals surface area contributed by atoms with Crippen LogP contribution in [-0.4, -0.2) is 33.8 Å². The molecule has 0 heterocycles. The molecule has 0 aliphatic rings. The van der Waals surface area contributed by atoms with E-state index in [9.17, 15) is 9.59 Å². The van der Waals surface area contributed by atoms with Gasteiger partial charge in [0, 0.05) is 6.42 Å². The molecule has 0 aromatic heterocycles. The maximum atomic E-state index is 11.6. The third-order valence-electron chi connectivity index (χ3n) is 2.31. The van der Waals surface area contributed by atoms with Crippen molar-refractivity contribution >= 4 is 24.5 Å². The normalized spacial score (nSPS) is 12.2. The van der Waals surface area contributed by atoms with Crippen LogP contribution in [-0.2, 0) is 9.59 Å². The number of thiol groups is 1. The fourth-order valence-corrected chi connectivity index (χ4v) is 1.58. The Morgan fingerprint density at radius 2 is 2.06 bits per heavy atom. The molecular formula is C10H20N2O3S. The summed E-state index contributed by atoms with van der Waals surface area (Å²) < 4.78 is 0. The van der Waals surface area contributed by atoms with Gasteiger partial charge in [0.1, 0.15) is 6.04 Å². The quantitative estimate of drug-likeness (QED) is 0.197. The summed E-state index contributed by atoms with van der Waals surface area (Å²) in [5.41, 5.74) is 0. The van der Waals surface area contributed by atoms with E-state index in [4.69, 9.17) is 10.9 Å². The molecule has 0 aromatic carbocycles. The lowest BCUT2D eigenvalue weighted by molar-refractivity contribution is -0.150. The van der Waals surface area contributed by atoms with E-state index in [2.05, 4.69) is 12.6 Å². The molecule has 0 aliphatic heterocycles. The van der Waals surface area contributed by atoms with Crippen molar-refractivity contribution in [2.45, 2.75) is 45.1 Å². The average molecular weight is 248 g/mol. The second-order valence-electron chi connectivity index (χ2n) is 3.62. The second-order valence-corrected chi connectivity index (χ2v) is 4.07. The van der Waals surface area contributed by atoms with Crippen LogP contribution in [0.15, 0.2) is 0 Å². The van der Waals surface area contributed by atoms with Crippen molar-refractivity contribution in [3.05, 3.63) is 0 Å². The van der Waals surface area contributed by atoms with Gasteiger partial charge in [0.2, 0.25) is 5.91 Å². The van der Waals surface area contributed by atoms with Gasteiger partial charge < -0.3 is 5.11 Å². The average Bonchev–Trinajstić information content (AvgIpc) is 2.24. The fraction of sp³-hybridized carbons (Fsp3) is 0.800. The summed E-state index contributed by atoms with van der Waals surface area (Å²) in [6.45, 7) is 2.03. The summed E-state index contributed by atoms with van der Waals surface area (Å²) in [5, 5.41) is 9.72. The molecule has 0 spiro atoms. The first-order valence-electron chi connectivity index (χ1n) is 5.45. The number of hydrogen-bond donors (Lipinski definition) is 3. The van der Waals surface area contributed by atoms with E-state index in [-0.39, 0.29) is 12.3 Å². The zero-order chi connectivity index (χ0) is 12.6. The summed E-state index contributed by atoms with van der Waals surface area (Å²) in [6.07, 6.45) is 3.27. The molecule has 0 aliphatic carbocycles. The maximum Gasteiger partial charge on any atom is 0.328 e. The van der Waals surface area contributed by atoms with E-state index < -0.39 is 12.0 Å². The monoisotopic (exact) mass is 248 g/mol. The van der Waals surface area contributed by atoms with Crippen molar-refractivity contribution in [3.63, 3.8) is 0 Å². The number of carboxylic acids is 1. The summed E-state index contributed by atoms with van der Waals surface area (Å²) in [4.78, 5) is 22.4. The number of rotatable bonds is 8. The van der Waals surface area contributed by atoms with E-state index in [0.717, 1.165) is 24.3 Å². The minimum Gasteiger partial charge on any atom is -0.480 e. The first-order valence-corrected chi connectivity index (χ1v) is 6.08. The van der Waals surface area contributed by atoms with Crippen molar-refractivity contribution in [2.24, 2.45) is 5.84 Å². The van der Waals surface area contributed by atoms with E-state index in [1.165, 1.54) is 0 Å². The molecule has 94 valence electrons. The summed E-state index contributed by atoms with van der Waals surface area (Å²) in [7, 11) is 0. The molecule has 16 heavy (non-hydrogen) atoms. The number of nitrogens with two attached hydrogens (primary N) is 1. The van der Waals surface area contributed by atoms with Gasteiger partial charge in [0.25, 0.3) is 0 Å². The van der Waals surface area contributed by atoms with Gasteiger partial charge in [0.05, 0.1) is 0 Å². The highest BCUT2D eigenvalue weighted by molar-refractivity contribution is 7.80. The number of carbonyl (C=O) groups is 2. The second kappa shape index (κ2) is 8.41. The highest BCUT2D eigenvalue weighted by Crippen LogP contribution is 2.07. The Morgan fingerprint density at radius 3 is 2.50 bits per heavy atom. The van der Waals surface area contributed by atoms with Crippen molar-refractivity contribution < 1.29 is 14.7 Å². The predicted molar refractivity (Wildman–Crippen MR) is 65.1 cm³/mol. The summed E-state index contributed by atoms with van der Waals surface area (Å²) in [6, 6.07) is -0.966. The Morgan fingerprint density at radius 1 is 1.44 bits per heavy atom. The van der Waals surface area contributed by atoms with E-state index in [0.29, 0.717) is 12.2 Å². The number of carbonyl (C=O) groups excluding carboxylic acids is 1. The maximum absolute atomic E-state index is 11.6. The Hall–Kier alpha value is -0.750. The Kier molecular flexibility index (Phi) is 8.01. The number of unbranched alkanes of at least 4 members (excludes halogenated alkanes) is 2. The van der Waals surface area contributed by atoms with Gasteiger partial charge in [-0.3, -0.25) is 9.80 Å². The van der Waals surface area contributed by atoms with Crippen LogP contribution in [0.1, 0.15) is 39.0 Å². The molecule has 0 rings (SSSR count). The van der Waals surface area contributed by atoms with Crippen LogP contribution >= 0.6 is 12.6 Å². The minimum absolute atomic E-state index is 0.258. The molecule has 0 aromatic rings. The lowest BCUT2D eigenvalue weighted by Crippen LogP contribution is -2.49. The molecule has 0 fully saturated rings. The highest BCUT2D eigenvalue weighted by Gasteiger charge is 2.25. The zero-order valence-electron chi connectivity index (χ0n) is 9.56. The van der Waals surface area contributed by atoms with Gasteiger partial charge in [-0.1, -0.05) is 19.8 Å². The van der Waals surface area contributed by atoms with Gasteiger partial charge >= 0.3 is 5.97 Å². The van der Waals surface area contributed by atoms with Crippen LogP contribution in [0, 0.1) is 0 Å². The Balaban J connectivity index is 4.20. The van der Waals surface area contributed by atoms with Crippen molar-refractivity contribution in [1.29, 1.82) is 0 Å². The smallest absolute Gasteiger partial charge is 0.328 e. The van der Waals surface area contributed by atoms with Gasteiger partial charge in [-0.2, -0.15) is 12.6 Å². The largest absolute Gasteiger partial charge is 0.480 e. The minimum atomic E-state index is -1.08. The standard InChI is InChI=1S/C10H20N2O3S/c1-2-3-4-5-9(13)12(11)8(6-7-16)10(14)15/h8,16H,2-7,11H2,1H3,(H,14,15). The van der Waals surface area contributed by atoms with Gasteiger partial charge in [-0.15, -0.1) is 0 Å². The summed E-state index contributed by atoms with van der Waals surface area (Å²) >= 11 is 3.95. The number of amides is 1. The van der Waals surface area contributed by atoms with Gasteiger partial charge in [0.15, 0.2) is 0 Å².